The Bertz CT molecular complexity index is 615. The molecule has 4 heteroatoms. The number of fused-ring (bicyclic) bond motifs is 1. The van der Waals surface area contributed by atoms with E-state index in [1.165, 1.54) is 0 Å². The number of hydrogen-bond donors (Lipinski definition) is 1. The zero-order valence-corrected chi connectivity index (χ0v) is 10.4. The zero-order valence-electron chi connectivity index (χ0n) is 8.69. The maximum absolute atomic E-state index is 9.69. The van der Waals surface area contributed by atoms with Gasteiger partial charge in [0.05, 0.1) is 5.56 Å². The van der Waals surface area contributed by atoms with E-state index in [4.69, 9.17) is 4.42 Å². The van der Waals surface area contributed by atoms with E-state index >= 15 is 0 Å². The summed E-state index contributed by atoms with van der Waals surface area (Å²) in [6, 6.07) is 14.5. The van der Waals surface area contributed by atoms with Gasteiger partial charge in [0, 0.05) is 46.9 Å². The smallest absolute Gasteiger partial charge is 0.231 e. The number of benzene rings is 2. The molecule has 0 aliphatic rings. The minimum absolute atomic E-state index is 0. The molecule has 0 aliphatic carbocycles. The molecule has 1 N–H and O–H groups in total. The van der Waals surface area contributed by atoms with Gasteiger partial charge in [-0.25, -0.2) is 4.98 Å². The zero-order chi connectivity index (χ0) is 11.0. The molecule has 0 atom stereocenters. The van der Waals surface area contributed by atoms with Crippen molar-refractivity contribution in [3.63, 3.8) is 0 Å². The molecule has 1 aromatic heterocycles. The molecule has 0 spiro atoms. The van der Waals surface area contributed by atoms with Crippen LogP contribution in [-0.4, -0.2) is 10.1 Å². The van der Waals surface area contributed by atoms with Gasteiger partial charge in [0.2, 0.25) is 5.89 Å². The van der Waals surface area contributed by atoms with Crippen molar-refractivity contribution in [1.29, 1.82) is 0 Å². The Morgan fingerprint density at radius 3 is 2.41 bits per heavy atom. The van der Waals surface area contributed by atoms with Crippen molar-refractivity contribution in [2.75, 3.05) is 0 Å². The maximum Gasteiger partial charge on any atom is 0.231 e. The summed E-state index contributed by atoms with van der Waals surface area (Å²) in [4.78, 5) is 4.32. The molecule has 0 bridgehead atoms. The summed E-state index contributed by atoms with van der Waals surface area (Å²) in [5.74, 6) is 0.619. The van der Waals surface area contributed by atoms with Crippen LogP contribution in [0.1, 0.15) is 0 Å². The van der Waals surface area contributed by atoms with Crippen molar-refractivity contribution >= 4 is 11.1 Å². The molecular formula is C13H9NO2Yb. The van der Waals surface area contributed by atoms with Crippen molar-refractivity contribution in [3.8, 4) is 17.2 Å². The molecule has 2 aromatic carbocycles. The molecule has 3 aromatic rings. The first-order chi connectivity index (χ1) is 7.84. The van der Waals surface area contributed by atoms with E-state index in [1.54, 1.807) is 18.2 Å². The van der Waals surface area contributed by atoms with Gasteiger partial charge < -0.3 is 9.52 Å². The van der Waals surface area contributed by atoms with Crippen LogP contribution in [0.5, 0.6) is 5.75 Å². The van der Waals surface area contributed by atoms with Crippen molar-refractivity contribution in [2.24, 2.45) is 0 Å². The Balaban J connectivity index is 0.00000108. The minimum atomic E-state index is 0. The number of phenols is 1. The first-order valence-electron chi connectivity index (χ1n) is 4.98. The van der Waals surface area contributed by atoms with Crippen LogP contribution in [0.2, 0.25) is 0 Å². The summed E-state index contributed by atoms with van der Waals surface area (Å²) in [6.07, 6.45) is 0. The predicted molar refractivity (Wildman–Crippen MR) is 61.1 cm³/mol. The second-order valence-electron chi connectivity index (χ2n) is 3.50. The summed E-state index contributed by atoms with van der Waals surface area (Å²) < 4.78 is 5.56. The predicted octanol–water partition coefficient (Wildman–Crippen LogP) is 3.20. The third-order valence-electron chi connectivity index (χ3n) is 2.43. The van der Waals surface area contributed by atoms with Gasteiger partial charge in [-0.05, 0) is 24.3 Å². The largest absolute Gasteiger partial charge is 0.507 e. The fourth-order valence-corrected chi connectivity index (χ4v) is 1.64. The van der Waals surface area contributed by atoms with Gasteiger partial charge in [-0.15, -0.1) is 0 Å². The van der Waals surface area contributed by atoms with E-state index in [0.29, 0.717) is 11.5 Å². The van der Waals surface area contributed by atoms with E-state index in [2.05, 4.69) is 4.98 Å². The van der Waals surface area contributed by atoms with Gasteiger partial charge in [-0.1, -0.05) is 24.3 Å². The summed E-state index contributed by atoms with van der Waals surface area (Å²) in [5, 5.41) is 9.69. The molecule has 0 fully saturated rings. The van der Waals surface area contributed by atoms with Gasteiger partial charge in [0.25, 0.3) is 0 Å². The first kappa shape index (κ1) is 12.7. The molecule has 0 aliphatic heterocycles. The molecule has 0 unspecified atom stereocenters. The Morgan fingerprint density at radius 1 is 0.941 bits per heavy atom. The van der Waals surface area contributed by atoms with E-state index in [-0.39, 0.29) is 52.7 Å². The molecule has 0 saturated heterocycles. The summed E-state index contributed by atoms with van der Waals surface area (Å²) >= 11 is 0. The molecule has 0 saturated carbocycles. The number of aromatic hydroxyl groups is 1. The van der Waals surface area contributed by atoms with Crippen LogP contribution in [0.25, 0.3) is 22.6 Å². The third-order valence-corrected chi connectivity index (χ3v) is 2.43. The number of hydrogen-bond acceptors (Lipinski definition) is 3. The summed E-state index contributed by atoms with van der Waals surface area (Å²) in [5.41, 5.74) is 2.13. The molecule has 3 nitrogen and oxygen atoms in total. The molecule has 17 heavy (non-hydrogen) atoms. The molecule has 0 radical (unpaired) electrons. The van der Waals surface area contributed by atoms with Crippen LogP contribution < -0.4 is 0 Å². The fraction of sp³-hybridized carbons (Fsp3) is 0. The van der Waals surface area contributed by atoms with Crippen LogP contribution in [0, 0.1) is 46.9 Å². The number of phenolic OH excluding ortho intramolecular Hbond substituents is 1. The number of oxazole rings is 1. The standard InChI is InChI=1S/C13H9NO2.Yb/c15-11-7-3-1-5-9(11)13-14-10-6-2-4-8-12(10)16-13;/h1-8,15H;. The first-order valence-corrected chi connectivity index (χ1v) is 4.98. The van der Waals surface area contributed by atoms with Crippen LogP contribution in [-0.2, 0) is 0 Å². The average molecular weight is 384 g/mol. The maximum atomic E-state index is 9.69. The van der Waals surface area contributed by atoms with Crippen LogP contribution >= 0.6 is 0 Å². The molecular weight excluding hydrogens is 375 g/mol. The minimum Gasteiger partial charge on any atom is -0.507 e. The number of nitrogens with zero attached hydrogens (tertiary/aromatic N) is 1. The van der Waals surface area contributed by atoms with Gasteiger partial charge >= 0.3 is 0 Å². The Labute approximate surface area is 137 Å². The van der Waals surface area contributed by atoms with E-state index in [0.717, 1.165) is 11.1 Å². The van der Waals surface area contributed by atoms with Crippen LogP contribution in [0.15, 0.2) is 52.9 Å². The Hall–Kier alpha value is -0.771. The van der Waals surface area contributed by atoms with Gasteiger partial charge in [-0.3, -0.25) is 0 Å². The van der Waals surface area contributed by atoms with Crippen molar-refractivity contribution in [3.05, 3.63) is 48.5 Å². The summed E-state index contributed by atoms with van der Waals surface area (Å²) in [7, 11) is 0. The van der Waals surface area contributed by atoms with Crippen molar-refractivity contribution in [2.45, 2.75) is 0 Å². The monoisotopic (exact) mass is 385 g/mol. The molecule has 3 rings (SSSR count). The van der Waals surface area contributed by atoms with E-state index in [9.17, 15) is 5.11 Å². The quantitative estimate of drug-likeness (QED) is 0.701. The normalized spacial score (nSPS) is 10.1. The number of para-hydroxylation sites is 3. The molecule has 0 amide bonds. The van der Waals surface area contributed by atoms with Crippen LogP contribution in [0.3, 0.4) is 0 Å². The average Bonchev–Trinajstić information content (AvgIpc) is 2.73. The van der Waals surface area contributed by atoms with Crippen molar-refractivity contribution < 1.29 is 56.4 Å². The van der Waals surface area contributed by atoms with E-state index in [1.807, 2.05) is 30.3 Å². The number of aromatic nitrogens is 1. The summed E-state index contributed by atoms with van der Waals surface area (Å²) in [6.45, 7) is 0. The van der Waals surface area contributed by atoms with Crippen LogP contribution in [0.4, 0.5) is 0 Å². The number of rotatable bonds is 1. The molecule has 92 valence electrons. The molecule has 1 heterocycles. The third kappa shape index (κ3) is 2.41. The van der Waals surface area contributed by atoms with E-state index < -0.39 is 0 Å². The fourth-order valence-electron chi connectivity index (χ4n) is 1.64. The Kier molecular flexibility index (Phi) is 3.92. The van der Waals surface area contributed by atoms with Crippen molar-refractivity contribution in [1.82, 2.24) is 4.98 Å². The topological polar surface area (TPSA) is 46.3 Å². The second-order valence-corrected chi connectivity index (χ2v) is 3.50. The van der Waals surface area contributed by atoms with Gasteiger partial charge in [0.15, 0.2) is 5.58 Å². The van der Waals surface area contributed by atoms with Gasteiger partial charge in [0.1, 0.15) is 11.3 Å². The van der Waals surface area contributed by atoms with Gasteiger partial charge in [-0.2, -0.15) is 0 Å². The second kappa shape index (κ2) is 5.25. The SMILES string of the molecule is Oc1ccccc1-c1nc2ccccc2o1.[Yb]. The Morgan fingerprint density at radius 2 is 1.65 bits per heavy atom.